The molecule has 6 heteroatoms. The highest BCUT2D eigenvalue weighted by Gasteiger charge is 2.13. The first-order chi connectivity index (χ1) is 9.44. The first-order valence-electron chi connectivity index (χ1n) is 6.69. The fourth-order valence-electron chi connectivity index (χ4n) is 2.29. The van der Waals surface area contributed by atoms with Gasteiger partial charge in [-0.2, -0.15) is 0 Å². The van der Waals surface area contributed by atoms with Crippen LogP contribution in [-0.2, 0) is 11.3 Å². The lowest BCUT2D eigenvalue weighted by molar-refractivity contribution is -0.119. The van der Waals surface area contributed by atoms with Crippen LogP contribution in [0.3, 0.4) is 0 Å². The van der Waals surface area contributed by atoms with Crippen LogP contribution in [0.25, 0.3) is 11.0 Å². The SMILES string of the molecule is CC(C)CN(CC(N)=O)Cc1nc2ccc(N)cc2[nH]1. The van der Waals surface area contributed by atoms with Crippen molar-refractivity contribution in [1.29, 1.82) is 0 Å². The van der Waals surface area contributed by atoms with E-state index in [1.807, 2.05) is 23.1 Å². The number of hydrogen-bond donors (Lipinski definition) is 3. The summed E-state index contributed by atoms with van der Waals surface area (Å²) in [5.74, 6) is 0.938. The van der Waals surface area contributed by atoms with Gasteiger partial charge >= 0.3 is 0 Å². The fraction of sp³-hybridized carbons (Fsp3) is 0.429. The average molecular weight is 275 g/mol. The van der Waals surface area contributed by atoms with Gasteiger partial charge in [-0.3, -0.25) is 9.69 Å². The summed E-state index contributed by atoms with van der Waals surface area (Å²) in [7, 11) is 0. The highest BCUT2D eigenvalue weighted by Crippen LogP contribution is 2.16. The summed E-state index contributed by atoms with van der Waals surface area (Å²) in [5.41, 5.74) is 13.5. The van der Waals surface area contributed by atoms with Gasteiger partial charge in [0, 0.05) is 12.2 Å². The van der Waals surface area contributed by atoms with E-state index in [1.165, 1.54) is 0 Å². The Labute approximate surface area is 118 Å². The smallest absolute Gasteiger partial charge is 0.231 e. The maximum absolute atomic E-state index is 11.1. The minimum atomic E-state index is -0.328. The molecule has 5 N–H and O–H groups in total. The van der Waals surface area contributed by atoms with Crippen LogP contribution in [0.5, 0.6) is 0 Å². The molecule has 2 aromatic rings. The summed E-state index contributed by atoms with van der Waals surface area (Å²) < 4.78 is 0. The number of anilines is 1. The number of rotatable bonds is 6. The number of imidazole rings is 1. The molecule has 0 atom stereocenters. The van der Waals surface area contributed by atoms with Crippen molar-refractivity contribution in [3.05, 3.63) is 24.0 Å². The molecule has 0 aliphatic carbocycles. The highest BCUT2D eigenvalue weighted by molar-refractivity contribution is 5.78. The number of amides is 1. The number of nitrogens with zero attached hydrogens (tertiary/aromatic N) is 2. The number of hydrogen-bond acceptors (Lipinski definition) is 4. The number of benzene rings is 1. The molecule has 0 saturated carbocycles. The van der Waals surface area contributed by atoms with Crippen molar-refractivity contribution >= 4 is 22.6 Å². The number of nitrogens with two attached hydrogens (primary N) is 2. The summed E-state index contributed by atoms with van der Waals surface area (Å²) in [5, 5.41) is 0. The minimum absolute atomic E-state index is 0.233. The lowest BCUT2D eigenvalue weighted by Crippen LogP contribution is -2.36. The largest absolute Gasteiger partial charge is 0.399 e. The third-order valence-corrected chi connectivity index (χ3v) is 2.93. The molecule has 1 amide bonds. The van der Waals surface area contributed by atoms with E-state index in [1.54, 1.807) is 0 Å². The monoisotopic (exact) mass is 275 g/mol. The molecule has 0 fully saturated rings. The molecule has 0 bridgehead atoms. The van der Waals surface area contributed by atoms with Crippen molar-refractivity contribution in [2.75, 3.05) is 18.8 Å². The van der Waals surface area contributed by atoms with Crippen LogP contribution >= 0.6 is 0 Å². The quantitative estimate of drug-likeness (QED) is 0.687. The molecule has 108 valence electrons. The van der Waals surface area contributed by atoms with Crippen LogP contribution in [0.15, 0.2) is 18.2 Å². The van der Waals surface area contributed by atoms with Crippen molar-refractivity contribution < 1.29 is 4.79 Å². The molecule has 1 heterocycles. The normalized spacial score (nSPS) is 11.6. The van der Waals surface area contributed by atoms with Crippen molar-refractivity contribution in [1.82, 2.24) is 14.9 Å². The van der Waals surface area contributed by atoms with Gasteiger partial charge in [-0.15, -0.1) is 0 Å². The van der Waals surface area contributed by atoms with Gasteiger partial charge in [0.25, 0.3) is 0 Å². The molecular weight excluding hydrogens is 254 g/mol. The van der Waals surface area contributed by atoms with Crippen molar-refractivity contribution in [2.24, 2.45) is 11.7 Å². The Morgan fingerprint density at radius 3 is 2.85 bits per heavy atom. The predicted molar refractivity (Wildman–Crippen MR) is 79.8 cm³/mol. The third kappa shape index (κ3) is 3.71. The molecule has 0 aliphatic heterocycles. The molecule has 0 unspecified atom stereocenters. The second-order valence-electron chi connectivity index (χ2n) is 5.49. The number of carbonyl (C=O) groups is 1. The lowest BCUT2D eigenvalue weighted by Gasteiger charge is -2.21. The standard InChI is InChI=1S/C14H21N5O/c1-9(2)6-19(7-13(16)20)8-14-17-11-4-3-10(15)5-12(11)18-14/h3-5,9H,6-8,15H2,1-2H3,(H2,16,20)(H,17,18). The Morgan fingerprint density at radius 1 is 1.45 bits per heavy atom. The lowest BCUT2D eigenvalue weighted by atomic mass is 10.2. The number of nitrogens with one attached hydrogen (secondary N) is 1. The summed E-state index contributed by atoms with van der Waals surface area (Å²) in [4.78, 5) is 20.9. The Bertz CT molecular complexity index is 605. The average Bonchev–Trinajstić information content (AvgIpc) is 2.68. The number of nitrogen functional groups attached to an aromatic ring is 1. The van der Waals surface area contributed by atoms with Crippen LogP contribution < -0.4 is 11.5 Å². The van der Waals surface area contributed by atoms with E-state index in [0.717, 1.165) is 23.4 Å². The van der Waals surface area contributed by atoms with Crippen LogP contribution in [-0.4, -0.2) is 33.9 Å². The van der Waals surface area contributed by atoms with E-state index in [0.29, 0.717) is 18.2 Å². The first-order valence-corrected chi connectivity index (χ1v) is 6.69. The Balaban J connectivity index is 2.16. The number of primary amides is 1. The van der Waals surface area contributed by atoms with Crippen molar-refractivity contribution in [3.63, 3.8) is 0 Å². The maximum Gasteiger partial charge on any atom is 0.231 e. The number of fused-ring (bicyclic) bond motifs is 1. The van der Waals surface area contributed by atoms with Crippen LogP contribution in [0.1, 0.15) is 19.7 Å². The first kappa shape index (κ1) is 14.3. The molecule has 0 aliphatic rings. The van der Waals surface area contributed by atoms with Gasteiger partial charge in [0.1, 0.15) is 5.82 Å². The Hall–Kier alpha value is -2.08. The number of aromatic nitrogens is 2. The van der Waals surface area contributed by atoms with Crippen molar-refractivity contribution in [3.8, 4) is 0 Å². The summed E-state index contributed by atoms with van der Waals surface area (Å²) in [6, 6.07) is 5.56. The van der Waals surface area contributed by atoms with Gasteiger partial charge in [0.15, 0.2) is 0 Å². The fourth-order valence-corrected chi connectivity index (χ4v) is 2.29. The van der Waals surface area contributed by atoms with Gasteiger partial charge in [-0.05, 0) is 24.1 Å². The second kappa shape index (κ2) is 5.92. The van der Waals surface area contributed by atoms with Crippen LogP contribution in [0, 0.1) is 5.92 Å². The van der Waals surface area contributed by atoms with E-state index in [2.05, 4.69) is 23.8 Å². The zero-order valence-electron chi connectivity index (χ0n) is 11.9. The molecule has 1 aromatic heterocycles. The topological polar surface area (TPSA) is 101 Å². The molecular formula is C14H21N5O. The zero-order valence-corrected chi connectivity index (χ0v) is 11.9. The molecule has 2 rings (SSSR count). The molecule has 6 nitrogen and oxygen atoms in total. The zero-order chi connectivity index (χ0) is 14.7. The number of H-pyrrole nitrogens is 1. The van der Waals surface area contributed by atoms with E-state index in [4.69, 9.17) is 11.5 Å². The summed E-state index contributed by atoms with van der Waals surface area (Å²) in [6.07, 6.45) is 0. The number of carbonyl (C=O) groups excluding carboxylic acids is 1. The summed E-state index contributed by atoms with van der Waals surface area (Å²) in [6.45, 7) is 5.80. The molecule has 0 radical (unpaired) electrons. The van der Waals surface area contributed by atoms with Gasteiger partial charge in [-0.1, -0.05) is 13.8 Å². The molecule has 20 heavy (non-hydrogen) atoms. The molecule has 0 saturated heterocycles. The second-order valence-corrected chi connectivity index (χ2v) is 5.49. The van der Waals surface area contributed by atoms with E-state index < -0.39 is 0 Å². The van der Waals surface area contributed by atoms with Crippen molar-refractivity contribution in [2.45, 2.75) is 20.4 Å². The van der Waals surface area contributed by atoms with Gasteiger partial charge in [0.05, 0.1) is 24.1 Å². The third-order valence-electron chi connectivity index (χ3n) is 2.93. The predicted octanol–water partition coefficient (Wildman–Crippen LogP) is 1.09. The Kier molecular flexibility index (Phi) is 4.24. The number of aromatic amines is 1. The van der Waals surface area contributed by atoms with E-state index >= 15 is 0 Å². The van der Waals surface area contributed by atoms with Gasteiger partial charge in [0.2, 0.25) is 5.91 Å². The highest BCUT2D eigenvalue weighted by atomic mass is 16.1. The van der Waals surface area contributed by atoms with Crippen LogP contribution in [0.2, 0.25) is 0 Å². The molecule has 0 spiro atoms. The van der Waals surface area contributed by atoms with Gasteiger partial charge in [-0.25, -0.2) is 4.98 Å². The minimum Gasteiger partial charge on any atom is -0.399 e. The maximum atomic E-state index is 11.1. The summed E-state index contributed by atoms with van der Waals surface area (Å²) >= 11 is 0. The molecule has 1 aromatic carbocycles. The van der Waals surface area contributed by atoms with E-state index in [-0.39, 0.29) is 12.5 Å². The van der Waals surface area contributed by atoms with Crippen LogP contribution in [0.4, 0.5) is 5.69 Å². The Morgan fingerprint density at radius 2 is 2.20 bits per heavy atom. The van der Waals surface area contributed by atoms with Gasteiger partial charge < -0.3 is 16.5 Å². The van der Waals surface area contributed by atoms with E-state index in [9.17, 15) is 4.79 Å².